The van der Waals surface area contributed by atoms with Crippen molar-refractivity contribution in [2.45, 2.75) is 52.7 Å². The summed E-state index contributed by atoms with van der Waals surface area (Å²) in [6.07, 6.45) is 1.31. The molecule has 3 heteroatoms. The van der Waals surface area contributed by atoms with Crippen LogP contribution in [0.2, 0.25) is 0 Å². The van der Waals surface area contributed by atoms with Crippen molar-refractivity contribution in [1.29, 1.82) is 0 Å². The average Bonchev–Trinajstić information content (AvgIpc) is 2.39. The van der Waals surface area contributed by atoms with Gasteiger partial charge in [-0.15, -0.1) is 0 Å². The molecule has 1 aliphatic rings. The second kappa shape index (κ2) is 7.33. The Morgan fingerprint density at radius 1 is 1.26 bits per heavy atom. The van der Waals surface area contributed by atoms with Gasteiger partial charge in [0.05, 0.1) is 0 Å². The zero-order valence-corrected chi connectivity index (χ0v) is 14.7. The van der Waals surface area contributed by atoms with E-state index in [1.807, 2.05) is 0 Å². The molecule has 0 atom stereocenters. The molecule has 0 spiro atoms. The zero-order valence-electron chi connectivity index (χ0n) is 13.9. The van der Waals surface area contributed by atoms with Crippen molar-refractivity contribution in [2.24, 2.45) is 11.3 Å². The van der Waals surface area contributed by atoms with E-state index < -0.39 is 0 Å². The first-order chi connectivity index (χ1) is 8.70. The topological polar surface area (TPSA) is 15.3 Å². The van der Waals surface area contributed by atoms with Crippen molar-refractivity contribution in [1.82, 2.24) is 10.2 Å². The maximum Gasteiger partial charge on any atom is 0.0116 e. The van der Waals surface area contributed by atoms with E-state index >= 15 is 0 Å². The van der Waals surface area contributed by atoms with E-state index in [1.165, 1.54) is 31.8 Å². The van der Waals surface area contributed by atoms with E-state index in [1.54, 1.807) is 0 Å². The van der Waals surface area contributed by atoms with Crippen LogP contribution in [0.3, 0.4) is 0 Å². The molecule has 1 heterocycles. The average molecular weight is 287 g/mol. The SMILES string of the molecule is CC(C)CNCC(C)(C)CN1CCSC(C)(C)CC1. The second-order valence-electron chi connectivity index (χ2n) is 7.82. The van der Waals surface area contributed by atoms with Crippen LogP contribution < -0.4 is 5.32 Å². The fourth-order valence-electron chi connectivity index (χ4n) is 2.58. The third-order valence-corrected chi connectivity index (χ3v) is 5.11. The molecule has 1 aliphatic heterocycles. The summed E-state index contributed by atoms with van der Waals surface area (Å²) in [5, 5.41) is 3.61. The normalized spacial score (nSPS) is 21.6. The third-order valence-electron chi connectivity index (χ3n) is 3.74. The molecule has 0 bridgehead atoms. The molecule has 0 unspecified atom stereocenters. The van der Waals surface area contributed by atoms with Crippen LogP contribution in [0.1, 0.15) is 48.0 Å². The zero-order chi connectivity index (χ0) is 14.5. The van der Waals surface area contributed by atoms with Crippen molar-refractivity contribution >= 4 is 11.8 Å². The van der Waals surface area contributed by atoms with Gasteiger partial charge in [0.25, 0.3) is 0 Å². The molecule has 1 N–H and O–H groups in total. The minimum atomic E-state index is 0.369. The highest BCUT2D eigenvalue weighted by Gasteiger charge is 2.27. The van der Waals surface area contributed by atoms with Crippen molar-refractivity contribution in [2.75, 3.05) is 38.5 Å². The van der Waals surface area contributed by atoms with Gasteiger partial charge in [-0.05, 0) is 30.8 Å². The van der Waals surface area contributed by atoms with Crippen molar-refractivity contribution in [3.05, 3.63) is 0 Å². The summed E-state index contributed by atoms with van der Waals surface area (Å²) in [6.45, 7) is 20.1. The third kappa shape index (κ3) is 7.57. The Bertz CT molecular complexity index is 261. The molecule has 0 saturated carbocycles. The first-order valence-corrected chi connectivity index (χ1v) is 8.76. The van der Waals surface area contributed by atoms with Crippen LogP contribution in [0.15, 0.2) is 0 Å². The van der Waals surface area contributed by atoms with Crippen molar-refractivity contribution < 1.29 is 0 Å². The molecule has 0 amide bonds. The molecule has 19 heavy (non-hydrogen) atoms. The Balaban J connectivity index is 2.35. The quantitative estimate of drug-likeness (QED) is 0.805. The predicted octanol–water partition coefficient (Wildman–Crippen LogP) is 3.48. The van der Waals surface area contributed by atoms with Crippen LogP contribution in [-0.4, -0.2) is 48.1 Å². The van der Waals surface area contributed by atoms with Gasteiger partial charge in [0.15, 0.2) is 0 Å². The number of hydrogen-bond acceptors (Lipinski definition) is 3. The van der Waals surface area contributed by atoms with Crippen LogP contribution in [0.5, 0.6) is 0 Å². The lowest BCUT2D eigenvalue weighted by molar-refractivity contribution is 0.179. The molecular formula is C16H34N2S. The van der Waals surface area contributed by atoms with Gasteiger partial charge in [0, 0.05) is 30.1 Å². The van der Waals surface area contributed by atoms with Crippen LogP contribution in [0.4, 0.5) is 0 Å². The molecule has 0 aromatic heterocycles. The Morgan fingerprint density at radius 2 is 1.95 bits per heavy atom. The van der Waals surface area contributed by atoms with E-state index in [0.29, 0.717) is 10.2 Å². The number of nitrogens with one attached hydrogen (secondary N) is 1. The van der Waals surface area contributed by atoms with E-state index in [2.05, 4.69) is 63.5 Å². The lowest BCUT2D eigenvalue weighted by Gasteiger charge is -2.32. The Hall–Kier alpha value is 0.270. The van der Waals surface area contributed by atoms with Gasteiger partial charge in [0.1, 0.15) is 0 Å². The molecule has 1 saturated heterocycles. The second-order valence-corrected chi connectivity index (χ2v) is 9.63. The number of nitrogens with zero attached hydrogens (tertiary/aromatic N) is 1. The Labute approximate surface area is 125 Å². The van der Waals surface area contributed by atoms with Gasteiger partial charge in [-0.25, -0.2) is 0 Å². The van der Waals surface area contributed by atoms with Gasteiger partial charge in [-0.2, -0.15) is 11.8 Å². The summed E-state index contributed by atoms with van der Waals surface area (Å²) < 4.78 is 0.467. The Morgan fingerprint density at radius 3 is 2.58 bits per heavy atom. The largest absolute Gasteiger partial charge is 0.316 e. The highest BCUT2D eigenvalue weighted by atomic mass is 32.2. The number of hydrogen-bond donors (Lipinski definition) is 1. The molecule has 0 aliphatic carbocycles. The fraction of sp³-hybridized carbons (Fsp3) is 1.00. The first-order valence-electron chi connectivity index (χ1n) is 7.77. The standard InChI is InChI=1S/C16H34N2S/c1-14(2)11-17-12-15(3,4)13-18-8-7-16(5,6)19-10-9-18/h14,17H,7-13H2,1-6H3. The monoisotopic (exact) mass is 286 g/mol. The summed E-state index contributed by atoms with van der Waals surface area (Å²) in [7, 11) is 0. The smallest absolute Gasteiger partial charge is 0.0116 e. The molecule has 0 aromatic carbocycles. The predicted molar refractivity (Wildman–Crippen MR) is 89.1 cm³/mol. The number of thioether (sulfide) groups is 1. The Kier molecular flexibility index (Phi) is 6.68. The minimum Gasteiger partial charge on any atom is -0.316 e. The summed E-state index contributed by atoms with van der Waals surface area (Å²) in [5.41, 5.74) is 0.369. The molecule has 2 nitrogen and oxygen atoms in total. The van der Waals surface area contributed by atoms with E-state index in [-0.39, 0.29) is 0 Å². The molecule has 0 radical (unpaired) electrons. The summed E-state index contributed by atoms with van der Waals surface area (Å²) in [4.78, 5) is 2.67. The van der Waals surface area contributed by atoms with Crippen molar-refractivity contribution in [3.63, 3.8) is 0 Å². The van der Waals surface area contributed by atoms with Crippen LogP contribution in [-0.2, 0) is 0 Å². The van der Waals surface area contributed by atoms with E-state index in [4.69, 9.17) is 0 Å². The molecular weight excluding hydrogens is 252 g/mol. The minimum absolute atomic E-state index is 0.369. The molecule has 114 valence electrons. The molecule has 1 fully saturated rings. The van der Waals surface area contributed by atoms with Gasteiger partial charge in [-0.1, -0.05) is 41.5 Å². The maximum absolute atomic E-state index is 3.61. The van der Waals surface area contributed by atoms with E-state index in [0.717, 1.165) is 19.0 Å². The lowest BCUT2D eigenvalue weighted by Crippen LogP contribution is -2.42. The maximum atomic E-state index is 3.61. The molecule has 0 aromatic rings. The van der Waals surface area contributed by atoms with Gasteiger partial charge in [-0.3, -0.25) is 0 Å². The summed E-state index contributed by atoms with van der Waals surface area (Å²) in [6, 6.07) is 0. The fourth-order valence-corrected chi connectivity index (χ4v) is 3.72. The highest BCUT2D eigenvalue weighted by Crippen LogP contribution is 2.31. The number of rotatable bonds is 6. The van der Waals surface area contributed by atoms with Crippen LogP contribution in [0.25, 0.3) is 0 Å². The van der Waals surface area contributed by atoms with Crippen molar-refractivity contribution in [3.8, 4) is 0 Å². The first kappa shape index (κ1) is 17.3. The summed E-state index contributed by atoms with van der Waals surface area (Å²) in [5.74, 6) is 2.02. The van der Waals surface area contributed by atoms with Crippen LogP contribution >= 0.6 is 11.8 Å². The highest BCUT2D eigenvalue weighted by molar-refractivity contribution is 8.00. The molecule has 1 rings (SSSR count). The van der Waals surface area contributed by atoms with Gasteiger partial charge in [0.2, 0.25) is 0 Å². The van der Waals surface area contributed by atoms with Gasteiger partial charge < -0.3 is 10.2 Å². The van der Waals surface area contributed by atoms with Crippen LogP contribution in [0, 0.1) is 11.3 Å². The summed E-state index contributed by atoms with van der Waals surface area (Å²) >= 11 is 2.14. The van der Waals surface area contributed by atoms with Gasteiger partial charge >= 0.3 is 0 Å². The lowest BCUT2D eigenvalue weighted by atomic mass is 9.92. The van der Waals surface area contributed by atoms with E-state index in [9.17, 15) is 0 Å².